The first-order chi connectivity index (χ1) is 7.34. The Bertz CT molecular complexity index is 278. The number of carbonyl (C=O) groups is 3. The van der Waals surface area contributed by atoms with Gasteiger partial charge in [0.1, 0.15) is 0 Å². The van der Waals surface area contributed by atoms with Crippen molar-refractivity contribution in [3.63, 3.8) is 0 Å². The lowest BCUT2D eigenvalue weighted by Gasteiger charge is -2.17. The third-order valence-corrected chi connectivity index (χ3v) is 2.25. The first kappa shape index (κ1) is 14.4. The Balaban J connectivity index is 3.87. The number of rotatable bonds is 6. The van der Waals surface area contributed by atoms with E-state index in [0.29, 0.717) is 0 Å². The summed E-state index contributed by atoms with van der Waals surface area (Å²) in [5.41, 5.74) is 0. The second-order valence-electron chi connectivity index (χ2n) is 3.72. The van der Waals surface area contributed by atoms with Crippen LogP contribution in [0.3, 0.4) is 0 Å². The molecule has 0 aliphatic rings. The quantitative estimate of drug-likeness (QED) is 0.585. The molecule has 92 valence electrons. The highest BCUT2D eigenvalue weighted by molar-refractivity contribution is 5.79. The number of carboxylic acid groups (broad SMARTS) is 1. The Labute approximate surface area is 94.4 Å². The number of aliphatic carboxylic acids is 1. The smallest absolute Gasteiger partial charge is 0.308 e. The van der Waals surface area contributed by atoms with Crippen molar-refractivity contribution >= 4 is 17.8 Å². The first-order valence-electron chi connectivity index (χ1n) is 5.11. The maximum atomic E-state index is 11.3. The number of carbonyl (C=O) groups excluding carboxylic acids is 2. The summed E-state index contributed by atoms with van der Waals surface area (Å²) in [5, 5.41) is 13.8. The predicted molar refractivity (Wildman–Crippen MR) is 57.7 cm³/mol. The highest BCUT2D eigenvalue weighted by Crippen LogP contribution is 2.02. The summed E-state index contributed by atoms with van der Waals surface area (Å²) >= 11 is 0. The van der Waals surface area contributed by atoms with Gasteiger partial charge in [0.15, 0.2) is 0 Å². The second kappa shape index (κ2) is 6.81. The van der Waals surface area contributed by atoms with Gasteiger partial charge in [-0.2, -0.15) is 0 Å². The average molecular weight is 230 g/mol. The number of nitrogens with one attached hydrogen (secondary N) is 2. The number of amides is 2. The molecule has 2 unspecified atom stereocenters. The van der Waals surface area contributed by atoms with Crippen molar-refractivity contribution in [2.24, 2.45) is 5.92 Å². The normalized spacial score (nSPS) is 13.7. The summed E-state index contributed by atoms with van der Waals surface area (Å²) in [7, 11) is 0. The van der Waals surface area contributed by atoms with Crippen LogP contribution in [-0.4, -0.2) is 35.5 Å². The van der Waals surface area contributed by atoms with Crippen LogP contribution in [-0.2, 0) is 14.4 Å². The van der Waals surface area contributed by atoms with Crippen molar-refractivity contribution in [1.29, 1.82) is 0 Å². The summed E-state index contributed by atoms with van der Waals surface area (Å²) < 4.78 is 0. The fourth-order valence-electron chi connectivity index (χ4n) is 1.02. The standard InChI is InChI=1S/C10H18N2O4/c1-6(10(15)16)7(2)12-9(14)4-5-11-8(3)13/h6-7H,4-5H2,1-3H3,(H,11,13)(H,12,14)(H,15,16). The molecule has 2 amide bonds. The Morgan fingerprint density at radius 1 is 1.25 bits per heavy atom. The van der Waals surface area contributed by atoms with Crippen LogP contribution in [0, 0.1) is 5.92 Å². The monoisotopic (exact) mass is 230 g/mol. The van der Waals surface area contributed by atoms with Crippen LogP contribution in [0.5, 0.6) is 0 Å². The summed E-state index contributed by atoms with van der Waals surface area (Å²) in [6.45, 7) is 4.79. The zero-order chi connectivity index (χ0) is 12.7. The number of hydrogen-bond donors (Lipinski definition) is 3. The zero-order valence-electron chi connectivity index (χ0n) is 9.74. The molecule has 3 N–H and O–H groups in total. The van der Waals surface area contributed by atoms with Gasteiger partial charge in [0.2, 0.25) is 11.8 Å². The van der Waals surface area contributed by atoms with Gasteiger partial charge in [0.05, 0.1) is 5.92 Å². The van der Waals surface area contributed by atoms with Gasteiger partial charge in [-0.05, 0) is 13.8 Å². The molecule has 0 rings (SSSR count). The van der Waals surface area contributed by atoms with Crippen molar-refractivity contribution < 1.29 is 19.5 Å². The minimum Gasteiger partial charge on any atom is -0.481 e. The van der Waals surface area contributed by atoms with Gasteiger partial charge < -0.3 is 15.7 Å². The molecule has 6 heteroatoms. The number of carboxylic acids is 1. The van der Waals surface area contributed by atoms with Gasteiger partial charge in [0.25, 0.3) is 0 Å². The largest absolute Gasteiger partial charge is 0.481 e. The summed E-state index contributed by atoms with van der Waals surface area (Å²) in [5.74, 6) is -2.05. The van der Waals surface area contributed by atoms with Gasteiger partial charge in [-0.3, -0.25) is 14.4 Å². The SMILES string of the molecule is CC(=O)NCCC(=O)NC(C)C(C)C(=O)O. The summed E-state index contributed by atoms with van der Waals surface area (Å²) in [4.78, 5) is 32.4. The van der Waals surface area contributed by atoms with Gasteiger partial charge in [-0.15, -0.1) is 0 Å². The highest BCUT2D eigenvalue weighted by atomic mass is 16.4. The van der Waals surface area contributed by atoms with Crippen LogP contribution in [0.25, 0.3) is 0 Å². The van der Waals surface area contributed by atoms with Gasteiger partial charge in [0, 0.05) is 25.9 Å². The lowest BCUT2D eigenvalue weighted by molar-refractivity contribution is -0.142. The van der Waals surface area contributed by atoms with Crippen molar-refractivity contribution in [3.05, 3.63) is 0 Å². The minimum atomic E-state index is -0.949. The predicted octanol–water partition coefficient (Wildman–Crippen LogP) is -0.262. The second-order valence-corrected chi connectivity index (χ2v) is 3.72. The van der Waals surface area contributed by atoms with Gasteiger partial charge in [-0.1, -0.05) is 0 Å². The average Bonchev–Trinajstić information content (AvgIpc) is 2.15. The molecule has 0 heterocycles. The number of hydrogen-bond acceptors (Lipinski definition) is 3. The Kier molecular flexibility index (Phi) is 6.14. The Hall–Kier alpha value is -1.59. The third kappa shape index (κ3) is 6.00. The molecule has 0 aromatic heterocycles. The molecule has 0 fully saturated rings. The van der Waals surface area contributed by atoms with E-state index in [1.54, 1.807) is 6.92 Å². The van der Waals surface area contributed by atoms with Crippen LogP contribution < -0.4 is 10.6 Å². The molecule has 0 bridgehead atoms. The van der Waals surface area contributed by atoms with Crippen molar-refractivity contribution in [3.8, 4) is 0 Å². The fourth-order valence-corrected chi connectivity index (χ4v) is 1.02. The molecule has 2 atom stereocenters. The molecule has 0 aliphatic heterocycles. The molecule has 6 nitrogen and oxygen atoms in total. The molecule has 0 radical (unpaired) electrons. The van der Waals surface area contributed by atoms with E-state index in [2.05, 4.69) is 10.6 Å². The lowest BCUT2D eigenvalue weighted by atomic mass is 10.0. The van der Waals surface area contributed by atoms with Crippen molar-refractivity contribution in [1.82, 2.24) is 10.6 Å². The topological polar surface area (TPSA) is 95.5 Å². The summed E-state index contributed by atoms with van der Waals surface area (Å²) in [6.07, 6.45) is 0.149. The molecule has 0 aromatic rings. The third-order valence-electron chi connectivity index (χ3n) is 2.25. The van der Waals surface area contributed by atoms with E-state index in [1.807, 2.05) is 0 Å². The van der Waals surface area contributed by atoms with Gasteiger partial charge >= 0.3 is 5.97 Å². The van der Waals surface area contributed by atoms with Gasteiger partial charge in [-0.25, -0.2) is 0 Å². The summed E-state index contributed by atoms with van der Waals surface area (Å²) in [6, 6.07) is -0.428. The van der Waals surface area contributed by atoms with E-state index in [-0.39, 0.29) is 24.8 Å². The van der Waals surface area contributed by atoms with Crippen molar-refractivity contribution in [2.75, 3.05) is 6.54 Å². The Morgan fingerprint density at radius 3 is 2.25 bits per heavy atom. The van der Waals surface area contributed by atoms with Crippen LogP contribution in [0.4, 0.5) is 0 Å². The molecule has 0 saturated heterocycles. The lowest BCUT2D eigenvalue weighted by Crippen LogP contribution is -2.41. The van der Waals surface area contributed by atoms with E-state index >= 15 is 0 Å². The maximum Gasteiger partial charge on any atom is 0.308 e. The van der Waals surface area contributed by atoms with E-state index in [1.165, 1.54) is 13.8 Å². The van der Waals surface area contributed by atoms with E-state index in [0.717, 1.165) is 0 Å². The molecule has 0 aliphatic carbocycles. The highest BCUT2D eigenvalue weighted by Gasteiger charge is 2.20. The van der Waals surface area contributed by atoms with Crippen LogP contribution in [0.15, 0.2) is 0 Å². The van der Waals surface area contributed by atoms with Crippen LogP contribution >= 0.6 is 0 Å². The Morgan fingerprint density at radius 2 is 1.81 bits per heavy atom. The van der Waals surface area contributed by atoms with E-state index in [9.17, 15) is 14.4 Å². The maximum absolute atomic E-state index is 11.3. The molecular formula is C10H18N2O4. The van der Waals surface area contributed by atoms with Crippen molar-refractivity contribution in [2.45, 2.75) is 33.2 Å². The van der Waals surface area contributed by atoms with Crippen LogP contribution in [0.1, 0.15) is 27.2 Å². The van der Waals surface area contributed by atoms with E-state index < -0.39 is 17.9 Å². The molecule has 0 aromatic carbocycles. The molecule has 0 saturated carbocycles. The first-order valence-corrected chi connectivity index (χ1v) is 5.11. The molecular weight excluding hydrogens is 212 g/mol. The molecule has 0 spiro atoms. The van der Waals surface area contributed by atoms with E-state index in [4.69, 9.17) is 5.11 Å². The fraction of sp³-hybridized carbons (Fsp3) is 0.700. The molecule has 16 heavy (non-hydrogen) atoms. The van der Waals surface area contributed by atoms with Crippen LogP contribution in [0.2, 0.25) is 0 Å². The minimum absolute atomic E-state index is 0.149. The zero-order valence-corrected chi connectivity index (χ0v) is 9.74.